The second kappa shape index (κ2) is 4.56. The van der Waals surface area contributed by atoms with Crippen molar-refractivity contribution in [2.75, 3.05) is 12.0 Å². The van der Waals surface area contributed by atoms with Crippen LogP contribution in [0.3, 0.4) is 0 Å². The summed E-state index contributed by atoms with van der Waals surface area (Å²) in [5.41, 5.74) is 5.60. The molecule has 2 aromatic rings. The number of nitrogens with two attached hydrogens (primary N) is 1. The number of hydrogen-bond donors (Lipinski definition) is 1. The van der Waals surface area contributed by atoms with E-state index in [1.807, 2.05) is 0 Å². The van der Waals surface area contributed by atoms with Crippen LogP contribution in [0.5, 0.6) is 0 Å². The molecule has 0 bridgehead atoms. The Labute approximate surface area is 106 Å². The van der Waals surface area contributed by atoms with Crippen LogP contribution in [0.4, 0.5) is 19.0 Å². The number of aromatic nitrogens is 2. The van der Waals surface area contributed by atoms with E-state index in [1.54, 1.807) is 7.05 Å². The highest BCUT2D eigenvalue weighted by Gasteiger charge is 2.21. The van der Waals surface area contributed by atoms with E-state index in [4.69, 9.17) is 5.73 Å². The standard InChI is InChI=1S/C11H10F3N3S/c1-17-11(15)6(4-16-17)5-3-7(12)10(18-2)9(14)8(5)13/h3-4H,15H2,1-2H3. The molecule has 3 nitrogen and oxygen atoms in total. The third-order valence-corrected chi connectivity index (χ3v) is 3.38. The molecule has 96 valence electrons. The van der Waals surface area contributed by atoms with Gasteiger partial charge in [0.2, 0.25) is 0 Å². The highest BCUT2D eigenvalue weighted by molar-refractivity contribution is 7.98. The van der Waals surface area contributed by atoms with Gasteiger partial charge in [0.1, 0.15) is 11.6 Å². The van der Waals surface area contributed by atoms with Crippen molar-refractivity contribution < 1.29 is 13.2 Å². The Balaban J connectivity index is 2.70. The second-order valence-electron chi connectivity index (χ2n) is 3.63. The minimum Gasteiger partial charge on any atom is -0.383 e. The molecule has 0 spiro atoms. The predicted molar refractivity (Wildman–Crippen MR) is 64.7 cm³/mol. The van der Waals surface area contributed by atoms with Gasteiger partial charge in [-0.15, -0.1) is 11.8 Å². The minimum atomic E-state index is -1.21. The van der Waals surface area contributed by atoms with Gasteiger partial charge in [0.25, 0.3) is 0 Å². The van der Waals surface area contributed by atoms with E-state index < -0.39 is 17.5 Å². The summed E-state index contributed by atoms with van der Waals surface area (Å²) in [5, 5.41) is 3.81. The quantitative estimate of drug-likeness (QED) is 0.676. The van der Waals surface area contributed by atoms with Gasteiger partial charge in [-0.05, 0) is 12.3 Å². The fourth-order valence-electron chi connectivity index (χ4n) is 1.62. The Hall–Kier alpha value is -1.63. The van der Waals surface area contributed by atoms with Crippen molar-refractivity contribution in [3.05, 3.63) is 29.7 Å². The molecule has 7 heteroatoms. The molecule has 2 N–H and O–H groups in total. The first-order chi connectivity index (χ1) is 8.47. The van der Waals surface area contributed by atoms with Crippen molar-refractivity contribution in [2.45, 2.75) is 4.90 Å². The van der Waals surface area contributed by atoms with E-state index >= 15 is 0 Å². The highest BCUT2D eigenvalue weighted by Crippen LogP contribution is 2.34. The van der Waals surface area contributed by atoms with E-state index in [9.17, 15) is 13.2 Å². The summed E-state index contributed by atoms with van der Waals surface area (Å²) in [6.45, 7) is 0. The molecular weight excluding hydrogens is 263 g/mol. The molecule has 0 radical (unpaired) electrons. The van der Waals surface area contributed by atoms with Crippen LogP contribution in [0.2, 0.25) is 0 Å². The summed E-state index contributed by atoms with van der Waals surface area (Å²) < 4.78 is 42.4. The largest absolute Gasteiger partial charge is 0.383 e. The average molecular weight is 273 g/mol. The third-order valence-electron chi connectivity index (χ3n) is 2.60. The predicted octanol–water partition coefficient (Wildman–Crippen LogP) is 2.81. The molecule has 0 aliphatic rings. The summed E-state index contributed by atoms with van der Waals surface area (Å²) in [5.74, 6) is -3.01. The van der Waals surface area contributed by atoms with Crippen LogP contribution in [-0.2, 0) is 7.05 Å². The highest BCUT2D eigenvalue weighted by atomic mass is 32.2. The van der Waals surface area contributed by atoms with Gasteiger partial charge in [-0.3, -0.25) is 4.68 Å². The summed E-state index contributed by atoms with van der Waals surface area (Å²) >= 11 is 0.807. The van der Waals surface area contributed by atoms with Gasteiger partial charge in [0.15, 0.2) is 11.6 Å². The number of aryl methyl sites for hydroxylation is 1. The lowest BCUT2D eigenvalue weighted by molar-refractivity contribution is 0.470. The molecule has 0 amide bonds. The van der Waals surface area contributed by atoms with Gasteiger partial charge in [-0.1, -0.05) is 0 Å². The molecule has 1 heterocycles. The molecule has 0 unspecified atom stereocenters. The van der Waals surface area contributed by atoms with Gasteiger partial charge < -0.3 is 5.73 Å². The van der Waals surface area contributed by atoms with Gasteiger partial charge in [-0.25, -0.2) is 13.2 Å². The molecule has 0 fully saturated rings. The first-order valence-electron chi connectivity index (χ1n) is 4.96. The molecule has 0 aliphatic carbocycles. The number of rotatable bonds is 2. The van der Waals surface area contributed by atoms with Crippen LogP contribution in [0.15, 0.2) is 17.2 Å². The average Bonchev–Trinajstić information content (AvgIpc) is 2.66. The number of anilines is 1. The minimum absolute atomic E-state index is 0.143. The van der Waals surface area contributed by atoms with Crippen LogP contribution in [0.1, 0.15) is 0 Å². The number of thioether (sulfide) groups is 1. The Morgan fingerprint density at radius 2 is 1.89 bits per heavy atom. The third kappa shape index (κ3) is 1.84. The fraction of sp³-hybridized carbons (Fsp3) is 0.182. The summed E-state index contributed by atoms with van der Waals surface area (Å²) in [6.07, 6.45) is 2.74. The Bertz CT molecular complexity index is 610. The number of benzene rings is 1. The maximum absolute atomic E-state index is 13.9. The van der Waals surface area contributed by atoms with E-state index in [0.717, 1.165) is 17.8 Å². The first kappa shape index (κ1) is 12.8. The van der Waals surface area contributed by atoms with Crippen LogP contribution in [0, 0.1) is 17.5 Å². The fourth-order valence-corrected chi connectivity index (χ4v) is 2.14. The molecule has 0 atom stereocenters. The molecule has 18 heavy (non-hydrogen) atoms. The van der Waals surface area contributed by atoms with E-state index in [2.05, 4.69) is 5.10 Å². The summed E-state index contributed by atoms with van der Waals surface area (Å²) in [6, 6.07) is 0.928. The van der Waals surface area contributed by atoms with Gasteiger partial charge >= 0.3 is 0 Å². The summed E-state index contributed by atoms with van der Waals surface area (Å²) in [7, 11) is 1.56. The first-order valence-corrected chi connectivity index (χ1v) is 6.19. The molecule has 0 saturated carbocycles. The smallest absolute Gasteiger partial charge is 0.175 e. The molecule has 0 aliphatic heterocycles. The van der Waals surface area contributed by atoms with Crippen molar-refractivity contribution in [3.8, 4) is 11.1 Å². The number of hydrogen-bond acceptors (Lipinski definition) is 3. The Kier molecular flexibility index (Phi) is 3.25. The van der Waals surface area contributed by atoms with Gasteiger partial charge in [0, 0.05) is 18.2 Å². The van der Waals surface area contributed by atoms with E-state index in [1.165, 1.54) is 17.1 Å². The Morgan fingerprint density at radius 3 is 2.39 bits per heavy atom. The van der Waals surface area contributed by atoms with E-state index in [0.29, 0.717) is 0 Å². The van der Waals surface area contributed by atoms with Crippen LogP contribution in [-0.4, -0.2) is 16.0 Å². The molecule has 0 saturated heterocycles. The summed E-state index contributed by atoms with van der Waals surface area (Å²) in [4.78, 5) is -0.348. The number of halogens is 3. The zero-order valence-electron chi connectivity index (χ0n) is 9.67. The normalized spacial score (nSPS) is 10.9. The second-order valence-corrected chi connectivity index (χ2v) is 4.45. The molecule has 2 rings (SSSR count). The zero-order valence-corrected chi connectivity index (χ0v) is 10.5. The van der Waals surface area contributed by atoms with E-state index in [-0.39, 0.29) is 21.8 Å². The molecule has 1 aromatic heterocycles. The molecule has 1 aromatic carbocycles. The van der Waals surface area contributed by atoms with Crippen LogP contribution < -0.4 is 5.73 Å². The van der Waals surface area contributed by atoms with Crippen molar-refractivity contribution in [2.24, 2.45) is 7.05 Å². The van der Waals surface area contributed by atoms with Crippen LogP contribution >= 0.6 is 11.8 Å². The van der Waals surface area contributed by atoms with Crippen molar-refractivity contribution >= 4 is 17.6 Å². The number of nitrogen functional groups attached to an aromatic ring is 1. The lowest BCUT2D eigenvalue weighted by Crippen LogP contribution is -2.00. The monoisotopic (exact) mass is 273 g/mol. The van der Waals surface area contributed by atoms with Crippen molar-refractivity contribution in [1.82, 2.24) is 9.78 Å². The SMILES string of the molecule is CSc1c(F)cc(-c2cnn(C)c2N)c(F)c1F. The lowest BCUT2D eigenvalue weighted by atomic mass is 10.1. The lowest BCUT2D eigenvalue weighted by Gasteiger charge is -2.08. The van der Waals surface area contributed by atoms with Crippen molar-refractivity contribution in [3.63, 3.8) is 0 Å². The van der Waals surface area contributed by atoms with Gasteiger partial charge in [-0.2, -0.15) is 5.10 Å². The number of nitrogens with zero attached hydrogens (tertiary/aromatic N) is 2. The Morgan fingerprint density at radius 1 is 1.22 bits per heavy atom. The molecular formula is C11H10F3N3S. The van der Waals surface area contributed by atoms with Crippen LogP contribution in [0.25, 0.3) is 11.1 Å². The van der Waals surface area contributed by atoms with Gasteiger partial charge in [0.05, 0.1) is 11.1 Å². The topological polar surface area (TPSA) is 43.8 Å². The maximum atomic E-state index is 13.9. The zero-order chi connectivity index (χ0) is 13.4. The van der Waals surface area contributed by atoms with Crippen molar-refractivity contribution in [1.29, 1.82) is 0 Å². The maximum Gasteiger partial charge on any atom is 0.175 e.